The molecule has 2 atom stereocenters. The molecule has 2 aliphatic rings. The lowest BCUT2D eigenvalue weighted by atomic mass is 10.1. The summed E-state index contributed by atoms with van der Waals surface area (Å²) in [5, 5.41) is 0. The molecular weight excluding hydrogens is 288 g/mol. The van der Waals surface area contributed by atoms with Gasteiger partial charge in [0.1, 0.15) is 0 Å². The summed E-state index contributed by atoms with van der Waals surface area (Å²) in [7, 11) is -3.35. The van der Waals surface area contributed by atoms with E-state index in [4.69, 9.17) is 5.73 Å². The van der Waals surface area contributed by atoms with E-state index >= 15 is 0 Å². The lowest BCUT2D eigenvalue weighted by molar-refractivity contribution is 0.216. The smallest absolute Gasteiger partial charge is 0.282 e. The molecule has 0 aliphatic carbocycles. The molecule has 21 heavy (non-hydrogen) atoms. The van der Waals surface area contributed by atoms with Crippen molar-refractivity contribution in [1.29, 1.82) is 0 Å². The van der Waals surface area contributed by atoms with Gasteiger partial charge >= 0.3 is 0 Å². The molecule has 2 fully saturated rings. The van der Waals surface area contributed by atoms with Gasteiger partial charge in [0, 0.05) is 38.3 Å². The fourth-order valence-electron chi connectivity index (χ4n) is 3.62. The molecule has 0 aromatic heterocycles. The minimum absolute atomic E-state index is 0.0174. The van der Waals surface area contributed by atoms with Gasteiger partial charge in [-0.15, -0.1) is 0 Å². The third kappa shape index (κ3) is 3.59. The van der Waals surface area contributed by atoms with Gasteiger partial charge in [-0.1, -0.05) is 20.3 Å². The summed E-state index contributed by atoms with van der Waals surface area (Å²) in [5.41, 5.74) is 5.77. The molecule has 0 amide bonds. The Morgan fingerprint density at radius 2 is 1.86 bits per heavy atom. The van der Waals surface area contributed by atoms with Crippen molar-refractivity contribution in [2.75, 3.05) is 39.3 Å². The summed E-state index contributed by atoms with van der Waals surface area (Å²) in [6.45, 7) is 8.53. The fourth-order valence-corrected chi connectivity index (χ4v) is 5.54. The van der Waals surface area contributed by atoms with E-state index in [1.165, 1.54) is 0 Å². The molecule has 2 heterocycles. The Morgan fingerprint density at radius 3 is 2.48 bits per heavy atom. The lowest BCUT2D eigenvalue weighted by Crippen LogP contribution is -2.53. The van der Waals surface area contributed by atoms with E-state index in [1.54, 1.807) is 8.61 Å². The van der Waals surface area contributed by atoms with Crippen LogP contribution >= 0.6 is 0 Å². The molecule has 2 saturated heterocycles. The zero-order chi connectivity index (χ0) is 15.5. The summed E-state index contributed by atoms with van der Waals surface area (Å²) >= 11 is 0. The third-order valence-electron chi connectivity index (χ3n) is 4.92. The van der Waals surface area contributed by atoms with Crippen molar-refractivity contribution < 1.29 is 8.42 Å². The average Bonchev–Trinajstić information content (AvgIpc) is 2.99. The highest BCUT2D eigenvalue weighted by atomic mass is 32.2. The van der Waals surface area contributed by atoms with Crippen molar-refractivity contribution in [2.45, 2.75) is 51.6 Å². The number of nitrogens with two attached hydrogens (primary N) is 1. The first-order valence-corrected chi connectivity index (χ1v) is 9.65. The number of hydrogen-bond acceptors (Lipinski definition) is 4. The maximum atomic E-state index is 12.9. The normalized spacial score (nSPS) is 29.3. The molecule has 0 spiro atoms. The summed E-state index contributed by atoms with van der Waals surface area (Å²) in [4.78, 5) is 2.35. The second-order valence-electron chi connectivity index (χ2n) is 6.03. The van der Waals surface area contributed by atoms with Gasteiger partial charge in [0.05, 0.1) is 0 Å². The predicted octanol–water partition coefficient (Wildman–Crippen LogP) is 0.461. The van der Waals surface area contributed by atoms with Gasteiger partial charge in [0.2, 0.25) is 0 Å². The van der Waals surface area contributed by atoms with Crippen LogP contribution in [-0.4, -0.2) is 73.3 Å². The standard InChI is InChI=1S/C14H30N4O2S/c1-3-16(4-2)14-8-10-17(12-14)21(19,20)18-9-6-5-7-13(18)11-15/h13-14H,3-12,15H2,1-2H3. The first-order valence-electron chi connectivity index (χ1n) is 8.25. The predicted molar refractivity (Wildman–Crippen MR) is 85.2 cm³/mol. The third-order valence-corrected chi connectivity index (χ3v) is 6.98. The highest BCUT2D eigenvalue weighted by molar-refractivity contribution is 7.86. The van der Waals surface area contributed by atoms with Crippen LogP contribution in [0.4, 0.5) is 0 Å². The number of nitrogens with zero attached hydrogens (tertiary/aromatic N) is 3. The Balaban J connectivity index is 2.06. The lowest BCUT2D eigenvalue weighted by Gasteiger charge is -2.36. The van der Waals surface area contributed by atoms with Crippen LogP contribution in [-0.2, 0) is 10.2 Å². The highest BCUT2D eigenvalue weighted by Crippen LogP contribution is 2.26. The Morgan fingerprint density at radius 1 is 1.14 bits per heavy atom. The summed E-state index contributed by atoms with van der Waals surface area (Å²) in [6, 6.07) is 0.340. The Hall–Kier alpha value is -0.210. The van der Waals surface area contributed by atoms with Crippen LogP contribution < -0.4 is 5.73 Å². The average molecular weight is 318 g/mol. The van der Waals surface area contributed by atoms with Crippen LogP contribution in [0.2, 0.25) is 0 Å². The van der Waals surface area contributed by atoms with E-state index < -0.39 is 10.2 Å². The molecule has 0 aromatic rings. The van der Waals surface area contributed by atoms with Gasteiger partial charge in [0.15, 0.2) is 0 Å². The number of hydrogen-bond donors (Lipinski definition) is 1. The quantitative estimate of drug-likeness (QED) is 0.772. The van der Waals surface area contributed by atoms with Gasteiger partial charge < -0.3 is 5.73 Å². The van der Waals surface area contributed by atoms with Crippen molar-refractivity contribution >= 4 is 10.2 Å². The van der Waals surface area contributed by atoms with E-state index in [0.29, 0.717) is 32.2 Å². The molecule has 7 heteroatoms. The van der Waals surface area contributed by atoms with Crippen LogP contribution in [0.5, 0.6) is 0 Å². The largest absolute Gasteiger partial charge is 0.329 e. The maximum absolute atomic E-state index is 12.9. The van der Waals surface area contributed by atoms with E-state index in [1.807, 2.05) is 0 Å². The molecule has 0 aromatic carbocycles. The molecule has 0 saturated carbocycles. The first-order chi connectivity index (χ1) is 10.0. The highest BCUT2D eigenvalue weighted by Gasteiger charge is 2.40. The summed E-state index contributed by atoms with van der Waals surface area (Å²) in [5.74, 6) is 0. The van der Waals surface area contributed by atoms with E-state index in [0.717, 1.165) is 38.8 Å². The second kappa shape index (κ2) is 7.37. The molecule has 2 N–H and O–H groups in total. The minimum Gasteiger partial charge on any atom is -0.329 e. The number of piperidine rings is 1. The van der Waals surface area contributed by atoms with E-state index in [9.17, 15) is 8.42 Å². The summed E-state index contributed by atoms with van der Waals surface area (Å²) in [6.07, 6.45) is 3.85. The molecule has 2 aliphatic heterocycles. The van der Waals surface area contributed by atoms with Crippen LogP contribution in [0.25, 0.3) is 0 Å². The fraction of sp³-hybridized carbons (Fsp3) is 1.00. The Kier molecular flexibility index (Phi) is 6.02. The van der Waals surface area contributed by atoms with E-state index in [2.05, 4.69) is 18.7 Å². The van der Waals surface area contributed by atoms with Gasteiger partial charge in [-0.3, -0.25) is 4.90 Å². The van der Waals surface area contributed by atoms with Crippen LogP contribution in [0, 0.1) is 0 Å². The zero-order valence-corrected chi connectivity index (χ0v) is 14.2. The van der Waals surface area contributed by atoms with Crippen LogP contribution in [0.1, 0.15) is 39.5 Å². The monoisotopic (exact) mass is 318 g/mol. The molecule has 0 radical (unpaired) electrons. The van der Waals surface area contributed by atoms with Crippen molar-refractivity contribution in [3.8, 4) is 0 Å². The van der Waals surface area contributed by atoms with Crippen molar-refractivity contribution in [3.63, 3.8) is 0 Å². The molecule has 2 unspecified atom stereocenters. The van der Waals surface area contributed by atoms with Gasteiger partial charge in [0.25, 0.3) is 10.2 Å². The molecule has 2 rings (SSSR count). The minimum atomic E-state index is -3.35. The van der Waals surface area contributed by atoms with Gasteiger partial charge in [-0.25, -0.2) is 0 Å². The van der Waals surface area contributed by atoms with Gasteiger partial charge in [-0.05, 0) is 32.4 Å². The van der Waals surface area contributed by atoms with Crippen LogP contribution in [0.3, 0.4) is 0 Å². The van der Waals surface area contributed by atoms with E-state index in [-0.39, 0.29) is 6.04 Å². The van der Waals surface area contributed by atoms with Gasteiger partial charge in [-0.2, -0.15) is 17.0 Å². The SMILES string of the molecule is CCN(CC)C1CCN(S(=O)(=O)N2CCCCC2CN)C1. The van der Waals surface area contributed by atoms with Crippen molar-refractivity contribution in [3.05, 3.63) is 0 Å². The molecular formula is C14H30N4O2S. The van der Waals surface area contributed by atoms with Crippen molar-refractivity contribution in [2.24, 2.45) is 5.73 Å². The number of likely N-dealkylation sites (N-methyl/N-ethyl adjacent to an activating group) is 1. The zero-order valence-electron chi connectivity index (χ0n) is 13.4. The Bertz CT molecular complexity index is 425. The van der Waals surface area contributed by atoms with Crippen LogP contribution in [0.15, 0.2) is 0 Å². The topological polar surface area (TPSA) is 69.9 Å². The molecule has 0 bridgehead atoms. The molecule has 6 nitrogen and oxygen atoms in total. The molecule has 124 valence electrons. The summed E-state index contributed by atoms with van der Waals surface area (Å²) < 4.78 is 29.1. The first kappa shape index (κ1) is 17.1. The maximum Gasteiger partial charge on any atom is 0.282 e. The Labute approximate surface area is 129 Å². The second-order valence-corrected chi connectivity index (χ2v) is 7.91. The number of rotatable bonds is 6. The van der Waals surface area contributed by atoms with Crippen molar-refractivity contribution in [1.82, 2.24) is 13.5 Å².